The third-order valence-electron chi connectivity index (χ3n) is 5.13. The van der Waals surface area contributed by atoms with Crippen molar-refractivity contribution in [3.05, 3.63) is 48.0 Å². The van der Waals surface area contributed by atoms with Gasteiger partial charge in [0.1, 0.15) is 11.5 Å². The van der Waals surface area contributed by atoms with Gasteiger partial charge in [0, 0.05) is 37.8 Å². The molecule has 27 heavy (non-hydrogen) atoms. The molecule has 1 aliphatic heterocycles. The first-order valence-corrected chi connectivity index (χ1v) is 9.15. The molecule has 0 amide bonds. The molecule has 0 spiro atoms. The van der Waals surface area contributed by atoms with Crippen molar-refractivity contribution >= 4 is 17.6 Å². The molecule has 0 bridgehead atoms. The number of imidazole rings is 1. The van der Waals surface area contributed by atoms with Gasteiger partial charge in [0.2, 0.25) is 0 Å². The summed E-state index contributed by atoms with van der Waals surface area (Å²) in [5.41, 5.74) is 2.88. The number of piperazine rings is 1. The molecule has 0 N–H and O–H groups in total. The minimum atomic E-state index is -0.257. The molecule has 0 radical (unpaired) electrons. The Balaban J connectivity index is 1.62. The average Bonchev–Trinajstić information content (AvgIpc) is 3.11. The highest BCUT2D eigenvalue weighted by Gasteiger charge is 2.21. The number of benzene rings is 1. The van der Waals surface area contributed by atoms with E-state index in [0.29, 0.717) is 40.6 Å². The molecular weight excluding hydrogens is 345 g/mol. The van der Waals surface area contributed by atoms with Gasteiger partial charge in [-0.2, -0.15) is 5.10 Å². The van der Waals surface area contributed by atoms with Crippen LogP contribution in [0.3, 0.4) is 0 Å². The molecule has 3 heterocycles. The number of hydrogen-bond donors (Lipinski definition) is 0. The van der Waals surface area contributed by atoms with Crippen LogP contribution in [0, 0.1) is 5.82 Å². The number of nitrogens with zero attached hydrogens (tertiary/aromatic N) is 5. The van der Waals surface area contributed by atoms with E-state index in [2.05, 4.69) is 33.7 Å². The lowest BCUT2D eigenvalue weighted by Gasteiger charge is -2.38. The maximum Gasteiger partial charge on any atom is 0.170 e. The number of carbonyl (C=O) groups excluding carboxylic acids is 1. The first-order valence-electron chi connectivity index (χ1n) is 9.15. The number of aromatic nitrogens is 3. The van der Waals surface area contributed by atoms with Gasteiger partial charge >= 0.3 is 0 Å². The number of hydrogen-bond acceptors (Lipinski definition) is 5. The summed E-state index contributed by atoms with van der Waals surface area (Å²) < 4.78 is 16.4. The van der Waals surface area contributed by atoms with Crippen molar-refractivity contribution in [2.75, 3.05) is 31.1 Å². The van der Waals surface area contributed by atoms with Gasteiger partial charge in [-0.3, -0.25) is 9.69 Å². The van der Waals surface area contributed by atoms with E-state index >= 15 is 0 Å². The van der Waals surface area contributed by atoms with E-state index in [-0.39, 0.29) is 5.82 Å². The molecule has 140 valence electrons. The molecule has 0 unspecified atom stereocenters. The molecule has 1 aliphatic rings. The first kappa shape index (κ1) is 17.6. The predicted octanol–water partition coefficient (Wildman–Crippen LogP) is 2.88. The summed E-state index contributed by atoms with van der Waals surface area (Å²) in [5.74, 6) is -0.257. The van der Waals surface area contributed by atoms with E-state index in [9.17, 15) is 9.18 Å². The maximum atomic E-state index is 14.9. The summed E-state index contributed by atoms with van der Waals surface area (Å²) in [5, 5.41) is 4.24. The van der Waals surface area contributed by atoms with E-state index in [1.807, 2.05) is 12.1 Å². The number of anilines is 1. The first-order chi connectivity index (χ1) is 13.1. The highest BCUT2D eigenvalue weighted by atomic mass is 19.1. The Kier molecular flexibility index (Phi) is 4.61. The van der Waals surface area contributed by atoms with E-state index in [1.165, 1.54) is 6.07 Å². The van der Waals surface area contributed by atoms with Crippen molar-refractivity contribution < 1.29 is 9.18 Å². The fraction of sp³-hybridized carbons (Fsp3) is 0.350. The Bertz CT molecular complexity index is 976. The lowest BCUT2D eigenvalue weighted by molar-refractivity contribution is 0.111. The summed E-state index contributed by atoms with van der Waals surface area (Å²) in [4.78, 5) is 19.8. The second-order valence-electron chi connectivity index (χ2n) is 7.07. The Labute approximate surface area is 157 Å². The summed E-state index contributed by atoms with van der Waals surface area (Å²) in [6.45, 7) is 7.87. The number of rotatable bonds is 4. The lowest BCUT2D eigenvalue weighted by atomic mass is 10.1. The van der Waals surface area contributed by atoms with Gasteiger partial charge in [-0.05, 0) is 38.1 Å². The van der Waals surface area contributed by atoms with Gasteiger partial charge in [0.15, 0.2) is 11.9 Å². The molecule has 4 rings (SSSR count). The summed E-state index contributed by atoms with van der Waals surface area (Å²) >= 11 is 0. The van der Waals surface area contributed by atoms with Crippen LogP contribution in [0.5, 0.6) is 0 Å². The van der Waals surface area contributed by atoms with Gasteiger partial charge in [-0.1, -0.05) is 6.07 Å². The zero-order chi connectivity index (χ0) is 19.0. The second-order valence-corrected chi connectivity index (χ2v) is 7.07. The van der Waals surface area contributed by atoms with Crippen molar-refractivity contribution in [1.29, 1.82) is 0 Å². The van der Waals surface area contributed by atoms with E-state index in [1.54, 1.807) is 22.8 Å². The Morgan fingerprint density at radius 1 is 1.11 bits per heavy atom. The molecule has 1 fully saturated rings. The van der Waals surface area contributed by atoms with Crippen LogP contribution in [0.2, 0.25) is 0 Å². The quantitative estimate of drug-likeness (QED) is 0.664. The van der Waals surface area contributed by atoms with Crippen molar-refractivity contribution in [1.82, 2.24) is 19.5 Å². The number of halogens is 1. The Hall–Kier alpha value is -2.80. The molecule has 1 saturated heterocycles. The SMILES string of the molecule is CC(C)N1CCN(c2ccc(-c3cnc4ccc(C=O)nn34)cc2F)CC1. The monoisotopic (exact) mass is 367 g/mol. The Morgan fingerprint density at radius 2 is 1.89 bits per heavy atom. The molecule has 3 aromatic rings. The predicted molar refractivity (Wildman–Crippen MR) is 103 cm³/mol. The van der Waals surface area contributed by atoms with Crippen LogP contribution >= 0.6 is 0 Å². The van der Waals surface area contributed by atoms with Crippen LogP contribution in [0.25, 0.3) is 16.9 Å². The van der Waals surface area contributed by atoms with Crippen LogP contribution in [-0.2, 0) is 0 Å². The van der Waals surface area contributed by atoms with Crippen molar-refractivity contribution in [2.24, 2.45) is 0 Å². The standard InChI is InChI=1S/C20H22FN5O/c1-14(2)24-7-9-25(10-8-24)18-5-3-15(11-17(18)21)19-12-22-20-6-4-16(13-27)23-26(19)20/h3-6,11-14H,7-10H2,1-2H3. The third kappa shape index (κ3) is 3.30. The molecule has 0 atom stereocenters. The molecule has 0 saturated carbocycles. The molecule has 2 aromatic heterocycles. The Morgan fingerprint density at radius 3 is 2.56 bits per heavy atom. The van der Waals surface area contributed by atoms with Gasteiger partial charge in [-0.15, -0.1) is 0 Å². The zero-order valence-corrected chi connectivity index (χ0v) is 15.5. The van der Waals surface area contributed by atoms with Crippen molar-refractivity contribution in [2.45, 2.75) is 19.9 Å². The lowest BCUT2D eigenvalue weighted by Crippen LogP contribution is -2.49. The van der Waals surface area contributed by atoms with E-state index < -0.39 is 0 Å². The van der Waals surface area contributed by atoms with Crippen LogP contribution < -0.4 is 4.90 Å². The van der Waals surface area contributed by atoms with E-state index in [0.717, 1.165) is 26.2 Å². The second kappa shape index (κ2) is 7.08. The van der Waals surface area contributed by atoms with Crippen LogP contribution in [-0.4, -0.2) is 58.0 Å². The highest BCUT2D eigenvalue weighted by molar-refractivity contribution is 5.73. The third-order valence-corrected chi connectivity index (χ3v) is 5.13. The summed E-state index contributed by atoms with van der Waals surface area (Å²) in [6, 6.07) is 9.06. The van der Waals surface area contributed by atoms with Gasteiger partial charge in [0.25, 0.3) is 0 Å². The smallest absolute Gasteiger partial charge is 0.170 e. The molecule has 6 nitrogen and oxygen atoms in total. The van der Waals surface area contributed by atoms with Crippen LogP contribution in [0.4, 0.5) is 10.1 Å². The largest absolute Gasteiger partial charge is 0.367 e. The summed E-state index contributed by atoms with van der Waals surface area (Å²) in [6.07, 6.45) is 2.33. The topological polar surface area (TPSA) is 53.7 Å². The minimum Gasteiger partial charge on any atom is -0.367 e. The van der Waals surface area contributed by atoms with Crippen molar-refractivity contribution in [3.63, 3.8) is 0 Å². The van der Waals surface area contributed by atoms with Gasteiger partial charge < -0.3 is 4.90 Å². The number of aldehydes is 1. The minimum absolute atomic E-state index is 0.257. The summed E-state index contributed by atoms with van der Waals surface area (Å²) in [7, 11) is 0. The molecule has 7 heteroatoms. The van der Waals surface area contributed by atoms with E-state index in [4.69, 9.17) is 0 Å². The normalized spacial score (nSPS) is 15.6. The van der Waals surface area contributed by atoms with Crippen LogP contribution in [0.15, 0.2) is 36.5 Å². The fourth-order valence-corrected chi connectivity index (χ4v) is 3.55. The molecular formula is C20H22FN5O. The molecule has 0 aliphatic carbocycles. The van der Waals surface area contributed by atoms with Gasteiger partial charge in [0.05, 0.1) is 17.6 Å². The highest BCUT2D eigenvalue weighted by Crippen LogP contribution is 2.27. The van der Waals surface area contributed by atoms with Gasteiger partial charge in [-0.25, -0.2) is 13.9 Å². The fourth-order valence-electron chi connectivity index (χ4n) is 3.55. The number of fused-ring (bicyclic) bond motifs is 1. The maximum absolute atomic E-state index is 14.9. The zero-order valence-electron chi connectivity index (χ0n) is 15.5. The number of carbonyl (C=O) groups is 1. The van der Waals surface area contributed by atoms with Crippen molar-refractivity contribution in [3.8, 4) is 11.3 Å². The molecule has 1 aromatic carbocycles. The van der Waals surface area contributed by atoms with Crippen LogP contribution in [0.1, 0.15) is 24.3 Å². The average molecular weight is 367 g/mol.